The molecule has 1 atom stereocenters. The van der Waals surface area contributed by atoms with Crippen LogP contribution in [0.1, 0.15) is 46.1 Å². The minimum absolute atomic E-state index is 0.0202. The van der Waals surface area contributed by atoms with Crippen LogP contribution in [-0.4, -0.2) is 39.1 Å². The van der Waals surface area contributed by atoms with Crippen LogP contribution in [0.2, 0.25) is 0 Å². The molecule has 1 saturated heterocycles. The van der Waals surface area contributed by atoms with Crippen molar-refractivity contribution >= 4 is 17.2 Å². The summed E-state index contributed by atoms with van der Waals surface area (Å²) >= 11 is 1.46. The molecule has 1 unspecified atom stereocenters. The third kappa shape index (κ3) is 1.86. The van der Waals surface area contributed by atoms with Crippen molar-refractivity contribution in [2.75, 3.05) is 6.54 Å². The van der Waals surface area contributed by atoms with E-state index in [-0.39, 0.29) is 11.9 Å². The van der Waals surface area contributed by atoms with Crippen LogP contribution in [0, 0.1) is 13.8 Å². The Morgan fingerprint density at radius 2 is 2.22 bits per heavy atom. The number of carbonyl (C=O) groups is 1. The number of carbonyl (C=O) groups excluding carboxylic acids is 1. The Hall–Kier alpha value is -0.940. The summed E-state index contributed by atoms with van der Waals surface area (Å²) in [7, 11) is 0. The molecule has 1 N–H and O–H groups in total. The summed E-state index contributed by atoms with van der Waals surface area (Å²) in [6.07, 6.45) is 3.60. The number of aliphatic hydroxyl groups is 1. The molecular formula is C13H18N2O2S. The molecule has 0 spiro atoms. The van der Waals surface area contributed by atoms with Gasteiger partial charge in [0.1, 0.15) is 4.88 Å². The Morgan fingerprint density at radius 3 is 2.78 bits per heavy atom. The summed E-state index contributed by atoms with van der Waals surface area (Å²) in [6.45, 7) is 4.57. The molecule has 1 aromatic rings. The van der Waals surface area contributed by atoms with E-state index in [1.807, 2.05) is 18.7 Å². The first kappa shape index (κ1) is 12.1. The summed E-state index contributed by atoms with van der Waals surface area (Å²) in [4.78, 5) is 19.5. The quantitative estimate of drug-likeness (QED) is 0.889. The van der Waals surface area contributed by atoms with Crippen molar-refractivity contribution < 1.29 is 9.90 Å². The van der Waals surface area contributed by atoms with Crippen molar-refractivity contribution in [1.82, 2.24) is 9.88 Å². The molecule has 1 saturated carbocycles. The Bertz CT molecular complexity index is 493. The second-order valence-electron chi connectivity index (χ2n) is 5.41. The van der Waals surface area contributed by atoms with Gasteiger partial charge in [-0.05, 0) is 39.5 Å². The first-order valence-corrected chi connectivity index (χ1v) is 7.30. The van der Waals surface area contributed by atoms with Crippen LogP contribution in [0.3, 0.4) is 0 Å². The number of aromatic nitrogens is 1. The van der Waals surface area contributed by atoms with E-state index in [0.29, 0.717) is 0 Å². The second kappa shape index (κ2) is 4.03. The molecule has 98 valence electrons. The number of thiazole rings is 1. The summed E-state index contributed by atoms with van der Waals surface area (Å²) < 4.78 is 0. The van der Waals surface area contributed by atoms with Gasteiger partial charge in [0.05, 0.1) is 22.3 Å². The van der Waals surface area contributed by atoms with E-state index in [4.69, 9.17) is 0 Å². The first-order valence-electron chi connectivity index (χ1n) is 6.49. The van der Waals surface area contributed by atoms with Crippen molar-refractivity contribution in [2.24, 2.45) is 0 Å². The molecule has 3 rings (SSSR count). The number of likely N-dealkylation sites (tertiary alicyclic amines) is 1. The summed E-state index contributed by atoms with van der Waals surface area (Å²) in [5, 5.41) is 11.2. The summed E-state index contributed by atoms with van der Waals surface area (Å²) in [6, 6.07) is 0.0202. The van der Waals surface area contributed by atoms with Crippen LogP contribution < -0.4 is 0 Å². The highest BCUT2D eigenvalue weighted by molar-refractivity contribution is 7.13. The van der Waals surface area contributed by atoms with Gasteiger partial charge in [-0.2, -0.15) is 0 Å². The van der Waals surface area contributed by atoms with Crippen molar-refractivity contribution in [2.45, 2.75) is 51.2 Å². The monoisotopic (exact) mass is 266 g/mol. The Labute approximate surface area is 111 Å². The van der Waals surface area contributed by atoms with E-state index in [9.17, 15) is 9.90 Å². The predicted octanol–water partition coefficient (Wildman–Crippen LogP) is 1.89. The van der Waals surface area contributed by atoms with Crippen LogP contribution in [0.5, 0.6) is 0 Å². The maximum Gasteiger partial charge on any atom is 0.266 e. The van der Waals surface area contributed by atoms with Gasteiger partial charge >= 0.3 is 0 Å². The molecule has 2 heterocycles. The molecule has 1 aliphatic carbocycles. The number of hydrogen-bond donors (Lipinski definition) is 1. The highest BCUT2D eigenvalue weighted by atomic mass is 32.1. The lowest BCUT2D eigenvalue weighted by atomic mass is 10.1. The Kier molecular flexibility index (Phi) is 2.71. The van der Waals surface area contributed by atoms with Crippen LogP contribution in [-0.2, 0) is 0 Å². The van der Waals surface area contributed by atoms with Gasteiger partial charge in [-0.25, -0.2) is 4.98 Å². The second-order valence-corrected chi connectivity index (χ2v) is 6.61. The zero-order chi connectivity index (χ0) is 12.9. The van der Waals surface area contributed by atoms with Gasteiger partial charge in [0.2, 0.25) is 0 Å². The van der Waals surface area contributed by atoms with Crippen molar-refractivity contribution in [1.29, 1.82) is 0 Å². The van der Waals surface area contributed by atoms with E-state index in [1.54, 1.807) is 0 Å². The van der Waals surface area contributed by atoms with E-state index in [2.05, 4.69) is 4.98 Å². The Balaban J connectivity index is 1.86. The largest absolute Gasteiger partial charge is 0.388 e. The van der Waals surface area contributed by atoms with Gasteiger partial charge < -0.3 is 10.0 Å². The van der Waals surface area contributed by atoms with E-state index in [1.165, 1.54) is 11.3 Å². The van der Waals surface area contributed by atoms with E-state index < -0.39 is 5.60 Å². The molecule has 0 bridgehead atoms. The minimum Gasteiger partial charge on any atom is -0.388 e. The standard InChI is InChI=1S/C13H18N2O2S/c1-8-11(18-9(2)14-8)12(16)15-7-3-4-10(15)13(17)5-6-13/h10,17H,3-7H2,1-2H3. The lowest BCUT2D eigenvalue weighted by Crippen LogP contribution is -2.44. The zero-order valence-corrected chi connectivity index (χ0v) is 11.6. The van der Waals surface area contributed by atoms with Crippen LogP contribution in [0.15, 0.2) is 0 Å². The topological polar surface area (TPSA) is 53.4 Å². The number of nitrogens with zero attached hydrogens (tertiary/aromatic N) is 2. The first-order chi connectivity index (χ1) is 8.51. The third-order valence-corrected chi connectivity index (χ3v) is 5.05. The average Bonchev–Trinajstić information content (AvgIpc) is 2.79. The highest BCUT2D eigenvalue weighted by Gasteiger charge is 2.52. The van der Waals surface area contributed by atoms with Crippen LogP contribution in [0.25, 0.3) is 0 Å². The van der Waals surface area contributed by atoms with Gasteiger partial charge in [0.25, 0.3) is 5.91 Å². The number of amides is 1. The molecule has 1 aromatic heterocycles. The lowest BCUT2D eigenvalue weighted by molar-refractivity contribution is 0.0389. The SMILES string of the molecule is Cc1nc(C)c(C(=O)N2CCCC2C2(O)CC2)s1. The predicted molar refractivity (Wildman–Crippen MR) is 69.8 cm³/mol. The lowest BCUT2D eigenvalue weighted by Gasteiger charge is -2.28. The fourth-order valence-electron chi connectivity index (χ4n) is 2.89. The number of rotatable bonds is 2. The fraction of sp³-hybridized carbons (Fsp3) is 0.692. The van der Waals surface area contributed by atoms with Crippen LogP contribution in [0.4, 0.5) is 0 Å². The summed E-state index contributed by atoms with van der Waals surface area (Å²) in [5.41, 5.74) is 0.218. The zero-order valence-electron chi connectivity index (χ0n) is 10.8. The van der Waals surface area contributed by atoms with E-state index >= 15 is 0 Å². The molecule has 5 heteroatoms. The number of aryl methyl sites for hydroxylation is 2. The normalized spacial score (nSPS) is 25.5. The molecule has 18 heavy (non-hydrogen) atoms. The maximum absolute atomic E-state index is 12.6. The fourth-order valence-corrected chi connectivity index (χ4v) is 3.77. The highest BCUT2D eigenvalue weighted by Crippen LogP contribution is 2.45. The smallest absolute Gasteiger partial charge is 0.266 e. The molecule has 0 aromatic carbocycles. The molecule has 1 amide bonds. The van der Waals surface area contributed by atoms with Gasteiger partial charge in [0.15, 0.2) is 0 Å². The molecule has 2 aliphatic rings. The van der Waals surface area contributed by atoms with Gasteiger partial charge in [0, 0.05) is 6.54 Å². The van der Waals surface area contributed by atoms with Crippen molar-refractivity contribution in [3.63, 3.8) is 0 Å². The van der Waals surface area contributed by atoms with E-state index in [0.717, 1.165) is 47.8 Å². The molecule has 0 radical (unpaired) electrons. The van der Waals surface area contributed by atoms with Crippen LogP contribution >= 0.6 is 11.3 Å². The average molecular weight is 266 g/mol. The van der Waals surface area contributed by atoms with Gasteiger partial charge in [-0.15, -0.1) is 11.3 Å². The maximum atomic E-state index is 12.6. The molecular weight excluding hydrogens is 248 g/mol. The van der Waals surface area contributed by atoms with Crippen molar-refractivity contribution in [3.8, 4) is 0 Å². The third-order valence-electron chi connectivity index (χ3n) is 3.99. The molecule has 2 fully saturated rings. The number of hydrogen-bond acceptors (Lipinski definition) is 4. The molecule has 1 aliphatic heterocycles. The van der Waals surface area contributed by atoms with Gasteiger partial charge in [-0.3, -0.25) is 4.79 Å². The Morgan fingerprint density at radius 1 is 1.50 bits per heavy atom. The summed E-state index contributed by atoms with van der Waals surface area (Å²) in [5.74, 6) is 0.0564. The van der Waals surface area contributed by atoms with Crippen molar-refractivity contribution in [3.05, 3.63) is 15.6 Å². The van der Waals surface area contributed by atoms with Gasteiger partial charge in [-0.1, -0.05) is 0 Å². The minimum atomic E-state index is -0.597. The molecule has 4 nitrogen and oxygen atoms in total.